The molecule has 2 saturated heterocycles. The predicted octanol–water partition coefficient (Wildman–Crippen LogP) is 2.80. The van der Waals surface area contributed by atoms with Crippen molar-refractivity contribution in [1.29, 1.82) is 0 Å². The van der Waals surface area contributed by atoms with Gasteiger partial charge < -0.3 is 15.0 Å². The van der Waals surface area contributed by atoms with Crippen molar-refractivity contribution in [3.8, 4) is 0 Å². The minimum absolute atomic E-state index is 0. The zero-order chi connectivity index (χ0) is 15.9. The van der Waals surface area contributed by atoms with Gasteiger partial charge in [-0.3, -0.25) is 4.79 Å². The molecule has 1 aromatic rings. The second-order valence-electron chi connectivity index (χ2n) is 6.72. The van der Waals surface area contributed by atoms with Gasteiger partial charge in [-0.15, -0.1) is 12.4 Å². The van der Waals surface area contributed by atoms with Crippen molar-refractivity contribution in [3.63, 3.8) is 0 Å². The summed E-state index contributed by atoms with van der Waals surface area (Å²) in [5.74, 6) is 0.297. The van der Waals surface area contributed by atoms with E-state index in [1.54, 1.807) is 0 Å². The molecular weight excluding hydrogens is 324 g/mol. The number of carbonyl (C=O) groups is 1. The zero-order valence-electron chi connectivity index (χ0n) is 14.3. The highest BCUT2D eigenvalue weighted by molar-refractivity contribution is 5.85. The molecule has 1 amide bonds. The Kier molecular flexibility index (Phi) is 8.03. The largest absolute Gasteiger partial charge is 0.381 e. The SMILES string of the molecule is Cl.O=C(CCCOCCc1ccccc1)N1CCC2CCC(C1)N2. The number of hydrogen-bond donors (Lipinski definition) is 1. The smallest absolute Gasteiger partial charge is 0.222 e. The van der Waals surface area contributed by atoms with Crippen molar-refractivity contribution in [3.05, 3.63) is 35.9 Å². The van der Waals surface area contributed by atoms with Crippen molar-refractivity contribution < 1.29 is 9.53 Å². The second kappa shape index (κ2) is 10.0. The van der Waals surface area contributed by atoms with Crippen molar-refractivity contribution in [1.82, 2.24) is 10.2 Å². The monoisotopic (exact) mass is 352 g/mol. The van der Waals surface area contributed by atoms with Crippen LogP contribution in [0.4, 0.5) is 0 Å². The molecule has 134 valence electrons. The van der Waals surface area contributed by atoms with Crippen LogP contribution >= 0.6 is 12.4 Å². The number of likely N-dealkylation sites (tertiary alicyclic amines) is 1. The Morgan fingerprint density at radius 2 is 1.92 bits per heavy atom. The highest BCUT2D eigenvalue weighted by atomic mass is 35.5. The van der Waals surface area contributed by atoms with E-state index in [1.807, 2.05) is 6.07 Å². The predicted molar refractivity (Wildman–Crippen MR) is 98.6 cm³/mol. The molecule has 5 heteroatoms. The van der Waals surface area contributed by atoms with E-state index < -0.39 is 0 Å². The summed E-state index contributed by atoms with van der Waals surface area (Å²) in [6.45, 7) is 3.22. The molecule has 3 rings (SSSR count). The van der Waals surface area contributed by atoms with Gasteiger partial charge in [0.15, 0.2) is 0 Å². The molecule has 0 aliphatic carbocycles. The molecule has 2 atom stereocenters. The van der Waals surface area contributed by atoms with Gasteiger partial charge in [-0.25, -0.2) is 0 Å². The third-order valence-electron chi connectivity index (χ3n) is 4.93. The standard InChI is InChI=1S/C19H28N2O2.ClH/c22-19(21-12-10-17-8-9-18(15-21)20-17)7-4-13-23-14-11-16-5-2-1-3-6-16;/h1-3,5-6,17-18,20H,4,7-15H2;1H. The van der Waals surface area contributed by atoms with Crippen LogP contribution in [-0.4, -0.2) is 49.2 Å². The maximum Gasteiger partial charge on any atom is 0.222 e. The molecule has 0 saturated carbocycles. The maximum atomic E-state index is 12.3. The maximum absolute atomic E-state index is 12.3. The van der Waals surface area contributed by atoms with Gasteiger partial charge >= 0.3 is 0 Å². The molecule has 2 aliphatic rings. The van der Waals surface area contributed by atoms with E-state index in [9.17, 15) is 4.79 Å². The van der Waals surface area contributed by atoms with E-state index in [0.29, 0.717) is 31.0 Å². The minimum Gasteiger partial charge on any atom is -0.381 e. The third-order valence-corrected chi connectivity index (χ3v) is 4.93. The lowest BCUT2D eigenvalue weighted by Crippen LogP contribution is -2.39. The molecule has 0 radical (unpaired) electrons. The van der Waals surface area contributed by atoms with Gasteiger partial charge in [0.05, 0.1) is 6.61 Å². The summed E-state index contributed by atoms with van der Waals surface area (Å²) in [6.07, 6.45) is 5.98. The summed E-state index contributed by atoms with van der Waals surface area (Å²) < 4.78 is 5.67. The molecule has 24 heavy (non-hydrogen) atoms. The van der Waals surface area contributed by atoms with Crippen LogP contribution in [0.3, 0.4) is 0 Å². The molecule has 2 fully saturated rings. The number of hydrogen-bond acceptors (Lipinski definition) is 3. The number of rotatable bonds is 7. The summed E-state index contributed by atoms with van der Waals surface area (Å²) in [7, 11) is 0. The van der Waals surface area contributed by atoms with Crippen LogP contribution in [0, 0.1) is 0 Å². The van der Waals surface area contributed by atoms with Crippen LogP contribution < -0.4 is 5.32 Å². The number of carbonyl (C=O) groups excluding carboxylic acids is 1. The Morgan fingerprint density at radius 1 is 1.12 bits per heavy atom. The van der Waals surface area contributed by atoms with Gasteiger partial charge in [0, 0.05) is 38.2 Å². The van der Waals surface area contributed by atoms with Crippen LogP contribution in [-0.2, 0) is 16.0 Å². The zero-order valence-corrected chi connectivity index (χ0v) is 15.1. The average molecular weight is 353 g/mol. The van der Waals surface area contributed by atoms with Gasteiger partial charge in [-0.2, -0.15) is 0 Å². The van der Waals surface area contributed by atoms with Gasteiger partial charge in [0.1, 0.15) is 0 Å². The number of benzene rings is 1. The fourth-order valence-corrected chi connectivity index (χ4v) is 3.59. The lowest BCUT2D eigenvalue weighted by atomic mass is 10.1. The van der Waals surface area contributed by atoms with Crippen LogP contribution in [0.2, 0.25) is 0 Å². The van der Waals surface area contributed by atoms with E-state index in [0.717, 1.165) is 39.0 Å². The number of ether oxygens (including phenoxy) is 1. The van der Waals surface area contributed by atoms with Crippen LogP contribution in [0.1, 0.15) is 37.7 Å². The fraction of sp³-hybridized carbons (Fsp3) is 0.632. The Hall–Kier alpha value is -1.10. The normalized spacial score (nSPS) is 22.8. The Labute approximate surface area is 151 Å². The highest BCUT2D eigenvalue weighted by Gasteiger charge is 2.30. The third kappa shape index (κ3) is 5.76. The Bertz CT molecular complexity index is 497. The van der Waals surface area contributed by atoms with Crippen molar-refractivity contribution in [2.24, 2.45) is 0 Å². The molecule has 4 nitrogen and oxygen atoms in total. The molecule has 2 aliphatic heterocycles. The number of nitrogens with one attached hydrogen (secondary N) is 1. The highest BCUT2D eigenvalue weighted by Crippen LogP contribution is 2.20. The summed E-state index contributed by atoms with van der Waals surface area (Å²) in [5.41, 5.74) is 1.30. The molecule has 1 N–H and O–H groups in total. The fourth-order valence-electron chi connectivity index (χ4n) is 3.59. The molecule has 2 heterocycles. The summed E-state index contributed by atoms with van der Waals surface area (Å²) in [5, 5.41) is 3.62. The van der Waals surface area contributed by atoms with Crippen molar-refractivity contribution >= 4 is 18.3 Å². The average Bonchev–Trinajstić information content (AvgIpc) is 2.90. The Morgan fingerprint density at radius 3 is 2.75 bits per heavy atom. The molecule has 1 aromatic carbocycles. The number of fused-ring (bicyclic) bond motifs is 2. The van der Waals surface area contributed by atoms with Gasteiger partial charge in [0.25, 0.3) is 0 Å². The summed E-state index contributed by atoms with van der Waals surface area (Å²) in [6, 6.07) is 11.5. The minimum atomic E-state index is 0. The summed E-state index contributed by atoms with van der Waals surface area (Å²) >= 11 is 0. The van der Waals surface area contributed by atoms with E-state index >= 15 is 0 Å². The molecule has 0 aromatic heterocycles. The number of amides is 1. The van der Waals surface area contributed by atoms with Crippen LogP contribution in [0.5, 0.6) is 0 Å². The van der Waals surface area contributed by atoms with Crippen molar-refractivity contribution in [2.45, 2.75) is 50.6 Å². The number of nitrogens with zero attached hydrogens (tertiary/aromatic N) is 1. The quantitative estimate of drug-likeness (QED) is 0.767. The lowest BCUT2D eigenvalue weighted by Gasteiger charge is -2.24. The van der Waals surface area contributed by atoms with E-state index in [4.69, 9.17) is 4.74 Å². The summed E-state index contributed by atoms with van der Waals surface area (Å²) in [4.78, 5) is 14.4. The molecular formula is C19H29ClN2O2. The first-order chi connectivity index (χ1) is 11.3. The Balaban J connectivity index is 0.00000208. The van der Waals surface area contributed by atoms with Gasteiger partial charge in [-0.05, 0) is 37.7 Å². The molecule has 2 unspecified atom stereocenters. The van der Waals surface area contributed by atoms with E-state index in [1.165, 1.54) is 18.4 Å². The van der Waals surface area contributed by atoms with E-state index in [2.05, 4.69) is 34.5 Å². The van der Waals surface area contributed by atoms with Crippen molar-refractivity contribution in [2.75, 3.05) is 26.3 Å². The van der Waals surface area contributed by atoms with E-state index in [-0.39, 0.29) is 12.4 Å². The molecule has 0 spiro atoms. The molecule has 2 bridgehead atoms. The first kappa shape index (κ1) is 19.2. The van der Waals surface area contributed by atoms with Crippen LogP contribution in [0.25, 0.3) is 0 Å². The first-order valence-electron chi connectivity index (χ1n) is 8.97. The number of halogens is 1. The van der Waals surface area contributed by atoms with Gasteiger partial charge in [-0.1, -0.05) is 30.3 Å². The first-order valence-corrected chi connectivity index (χ1v) is 8.97. The second-order valence-corrected chi connectivity index (χ2v) is 6.72. The van der Waals surface area contributed by atoms with Crippen LogP contribution in [0.15, 0.2) is 30.3 Å². The topological polar surface area (TPSA) is 41.6 Å². The van der Waals surface area contributed by atoms with Gasteiger partial charge in [0.2, 0.25) is 5.91 Å². The lowest BCUT2D eigenvalue weighted by molar-refractivity contribution is -0.131.